The number of hydrogen-bond donors (Lipinski definition) is 1. The highest BCUT2D eigenvalue weighted by molar-refractivity contribution is 6.07. The largest absolute Gasteiger partial charge is 0.489 e. The zero-order valence-electron chi connectivity index (χ0n) is 25.5. The number of benzene rings is 4. The van der Waals surface area contributed by atoms with E-state index in [2.05, 4.69) is 11.4 Å². The lowest BCUT2D eigenvalue weighted by Crippen LogP contribution is -2.52. The van der Waals surface area contributed by atoms with Crippen LogP contribution in [0.15, 0.2) is 109 Å². The number of ether oxygens (including phenoxy) is 2. The Morgan fingerprint density at radius 2 is 1.54 bits per heavy atom. The number of anilines is 1. The van der Waals surface area contributed by atoms with E-state index in [0.29, 0.717) is 18.0 Å². The molecule has 1 fully saturated rings. The maximum absolute atomic E-state index is 14.4. The van der Waals surface area contributed by atoms with Crippen molar-refractivity contribution < 1.29 is 23.9 Å². The molecule has 2 heterocycles. The van der Waals surface area contributed by atoms with E-state index in [4.69, 9.17) is 9.47 Å². The number of hydrogen-bond acceptors (Lipinski definition) is 6. The Bertz CT molecular complexity index is 1760. The molecule has 0 bridgehead atoms. The summed E-state index contributed by atoms with van der Waals surface area (Å²) in [5, 5.41) is 13.1. The average molecular weight is 615 g/mol. The number of para-hydroxylation sites is 1. The molecule has 1 spiro atoms. The Morgan fingerprint density at radius 3 is 2.22 bits per heavy atom. The smallest absolute Gasteiger partial charge is 0.410 e. The molecule has 46 heavy (non-hydrogen) atoms. The van der Waals surface area contributed by atoms with Crippen LogP contribution < -0.4 is 10.1 Å². The Morgan fingerprint density at radius 1 is 0.913 bits per heavy atom. The maximum atomic E-state index is 14.4. The summed E-state index contributed by atoms with van der Waals surface area (Å²) in [5.41, 5.74) is 3.07. The van der Waals surface area contributed by atoms with Gasteiger partial charge in [0.1, 0.15) is 31.0 Å². The van der Waals surface area contributed by atoms with Crippen LogP contribution in [0, 0.1) is 11.3 Å². The first-order valence-electron chi connectivity index (χ1n) is 15.2. The van der Waals surface area contributed by atoms with Gasteiger partial charge in [-0.1, -0.05) is 91.0 Å². The Labute approximate surface area is 268 Å². The number of nitrogens with one attached hydrogen (secondary N) is 1. The number of fused-ring (bicyclic) bond motifs is 2. The van der Waals surface area contributed by atoms with Crippen molar-refractivity contribution in [3.8, 4) is 11.8 Å². The summed E-state index contributed by atoms with van der Waals surface area (Å²) in [4.78, 5) is 43.8. The molecule has 1 N–H and O–H groups in total. The topological polar surface area (TPSA) is 112 Å². The molecule has 0 saturated carbocycles. The first-order valence-corrected chi connectivity index (χ1v) is 15.2. The van der Waals surface area contributed by atoms with E-state index in [-0.39, 0.29) is 31.9 Å². The number of likely N-dealkylation sites (tertiary alicyclic amines) is 1. The fourth-order valence-corrected chi connectivity index (χ4v) is 6.20. The minimum atomic E-state index is -1.04. The summed E-state index contributed by atoms with van der Waals surface area (Å²) in [6, 6.07) is 34.3. The first-order chi connectivity index (χ1) is 22.4. The summed E-state index contributed by atoms with van der Waals surface area (Å²) in [7, 11) is 1.53. The standard InChI is InChI=1S/C37H34N4O5/c1-40(36(44)46-24-28-12-6-3-7-13-28)33(20-26-16-18-30(19-17-26)45-23-27-10-4-2-5-11-27)34(42)41-25-37(21-29(41)22-38)31-14-8-9-15-32(31)39-35(37)43/h2-19,29,33H,20-21,23-25H2,1H3,(H,39,43)/t29-,33-,37-/m0/s1. The fraction of sp³-hybridized carbons (Fsp3) is 0.243. The molecular weight excluding hydrogens is 580 g/mol. The SMILES string of the molecule is CN(C(=O)OCc1ccccc1)[C@@H](Cc1ccc(OCc2ccccc2)cc1)C(=O)N1C[C@]2(C[C@H]1C#N)C(=O)Nc1ccccc12. The highest BCUT2D eigenvalue weighted by Gasteiger charge is 2.56. The predicted molar refractivity (Wildman–Crippen MR) is 172 cm³/mol. The zero-order valence-corrected chi connectivity index (χ0v) is 25.5. The molecule has 0 radical (unpaired) electrons. The van der Waals surface area contributed by atoms with Crippen LogP contribution in [0.25, 0.3) is 0 Å². The first kappa shape index (κ1) is 30.4. The maximum Gasteiger partial charge on any atom is 0.410 e. The molecule has 232 valence electrons. The monoisotopic (exact) mass is 614 g/mol. The van der Waals surface area contributed by atoms with Crippen molar-refractivity contribution in [3.05, 3.63) is 131 Å². The fourth-order valence-electron chi connectivity index (χ4n) is 6.20. The summed E-state index contributed by atoms with van der Waals surface area (Å²) >= 11 is 0. The average Bonchev–Trinajstić information content (AvgIpc) is 3.63. The number of nitrogens with zero attached hydrogens (tertiary/aromatic N) is 3. The summed E-state index contributed by atoms with van der Waals surface area (Å²) in [6.45, 7) is 0.492. The van der Waals surface area contributed by atoms with Gasteiger partial charge in [-0.2, -0.15) is 5.26 Å². The highest BCUT2D eigenvalue weighted by Crippen LogP contribution is 2.46. The highest BCUT2D eigenvalue weighted by atomic mass is 16.6. The quantitative estimate of drug-likeness (QED) is 0.268. The molecule has 3 atom stereocenters. The van der Waals surface area contributed by atoms with Crippen LogP contribution in [0.3, 0.4) is 0 Å². The molecule has 4 aromatic carbocycles. The van der Waals surface area contributed by atoms with Crippen LogP contribution in [0.5, 0.6) is 5.75 Å². The minimum Gasteiger partial charge on any atom is -0.489 e. The van der Waals surface area contributed by atoms with Gasteiger partial charge in [-0.3, -0.25) is 14.5 Å². The van der Waals surface area contributed by atoms with Crippen LogP contribution in [-0.2, 0) is 39.4 Å². The molecule has 0 aromatic heterocycles. The van der Waals surface area contributed by atoms with E-state index < -0.39 is 29.5 Å². The van der Waals surface area contributed by atoms with Crippen molar-refractivity contribution in [2.24, 2.45) is 0 Å². The predicted octanol–water partition coefficient (Wildman–Crippen LogP) is 5.46. The second-order valence-corrected chi connectivity index (χ2v) is 11.7. The molecule has 4 aromatic rings. The lowest BCUT2D eigenvalue weighted by Gasteiger charge is -2.32. The van der Waals surface area contributed by atoms with Crippen LogP contribution >= 0.6 is 0 Å². The number of carbonyl (C=O) groups excluding carboxylic acids is 3. The van der Waals surface area contributed by atoms with Gasteiger partial charge in [-0.25, -0.2) is 4.79 Å². The number of rotatable bonds is 9. The molecule has 0 aliphatic carbocycles. The van der Waals surface area contributed by atoms with Crippen molar-refractivity contribution in [2.45, 2.75) is 43.6 Å². The molecule has 2 aliphatic heterocycles. The van der Waals surface area contributed by atoms with E-state index >= 15 is 0 Å². The van der Waals surface area contributed by atoms with Gasteiger partial charge in [-0.05, 0) is 40.5 Å². The van der Waals surface area contributed by atoms with E-state index in [1.807, 2.05) is 109 Å². The molecule has 3 amide bonds. The zero-order chi connectivity index (χ0) is 32.1. The van der Waals surface area contributed by atoms with Crippen molar-refractivity contribution in [1.82, 2.24) is 9.80 Å². The lowest BCUT2D eigenvalue weighted by atomic mass is 9.80. The van der Waals surface area contributed by atoms with Gasteiger partial charge in [-0.15, -0.1) is 0 Å². The van der Waals surface area contributed by atoms with Crippen LogP contribution in [-0.4, -0.2) is 53.4 Å². The Balaban J connectivity index is 1.23. The summed E-state index contributed by atoms with van der Waals surface area (Å²) in [5.74, 6) is 0.00901. The Hall–Kier alpha value is -5.62. The Kier molecular flexibility index (Phi) is 8.70. The molecule has 0 unspecified atom stereocenters. The second-order valence-electron chi connectivity index (χ2n) is 11.7. The number of carbonyl (C=O) groups is 3. The summed E-state index contributed by atoms with van der Waals surface area (Å²) < 4.78 is 11.5. The van der Waals surface area contributed by atoms with Crippen molar-refractivity contribution in [3.63, 3.8) is 0 Å². The van der Waals surface area contributed by atoms with Crippen LogP contribution in [0.4, 0.5) is 10.5 Å². The molecular formula is C37H34N4O5. The minimum absolute atomic E-state index is 0.0303. The van der Waals surface area contributed by atoms with Crippen LogP contribution in [0.1, 0.15) is 28.7 Å². The van der Waals surface area contributed by atoms with E-state index in [9.17, 15) is 19.6 Å². The number of likely N-dealkylation sites (N-methyl/N-ethyl adjacent to an activating group) is 1. The van der Waals surface area contributed by atoms with E-state index in [1.54, 1.807) is 0 Å². The van der Waals surface area contributed by atoms with Gasteiger partial charge in [0, 0.05) is 32.1 Å². The van der Waals surface area contributed by atoms with E-state index in [0.717, 1.165) is 22.3 Å². The summed E-state index contributed by atoms with van der Waals surface area (Å²) in [6.07, 6.45) is -0.337. The van der Waals surface area contributed by atoms with Gasteiger partial charge in [0.2, 0.25) is 11.8 Å². The molecule has 9 heteroatoms. The van der Waals surface area contributed by atoms with Crippen molar-refractivity contribution in [2.75, 3.05) is 18.9 Å². The lowest BCUT2D eigenvalue weighted by molar-refractivity contribution is -0.136. The van der Waals surface area contributed by atoms with Gasteiger partial charge in [0.15, 0.2) is 0 Å². The van der Waals surface area contributed by atoms with Gasteiger partial charge in [0.25, 0.3) is 0 Å². The van der Waals surface area contributed by atoms with Gasteiger partial charge in [0.05, 0.1) is 11.5 Å². The van der Waals surface area contributed by atoms with E-state index in [1.165, 1.54) is 16.8 Å². The normalized spacial score (nSPS) is 18.7. The van der Waals surface area contributed by atoms with Crippen LogP contribution in [0.2, 0.25) is 0 Å². The third-order valence-electron chi connectivity index (χ3n) is 8.76. The molecule has 2 aliphatic rings. The molecule has 9 nitrogen and oxygen atoms in total. The number of nitriles is 1. The van der Waals surface area contributed by atoms with Gasteiger partial charge < -0.3 is 19.7 Å². The van der Waals surface area contributed by atoms with Crippen molar-refractivity contribution >= 4 is 23.6 Å². The third-order valence-corrected chi connectivity index (χ3v) is 8.76. The molecule has 1 saturated heterocycles. The van der Waals surface area contributed by atoms with Gasteiger partial charge >= 0.3 is 6.09 Å². The third kappa shape index (κ3) is 6.15. The molecule has 6 rings (SSSR count). The van der Waals surface area contributed by atoms with Crippen molar-refractivity contribution in [1.29, 1.82) is 5.26 Å². The number of amides is 3. The second kappa shape index (κ2) is 13.2.